The fourth-order valence-corrected chi connectivity index (χ4v) is 7.21. The Morgan fingerprint density at radius 2 is 0.969 bits per heavy atom. The van der Waals surface area contributed by atoms with Crippen LogP contribution in [0.2, 0.25) is 54.4 Å². The summed E-state index contributed by atoms with van der Waals surface area (Å²) in [5, 5.41) is 0.319. The summed E-state index contributed by atoms with van der Waals surface area (Å²) in [6, 6.07) is 0. The summed E-state index contributed by atoms with van der Waals surface area (Å²) in [6.45, 7) is 34.8. The Morgan fingerprint density at radius 3 is 1.38 bits per heavy atom. The SMILES string of the molecule is CC(C)(C)[Si](C)(C)O[C@H]1[C@H]2O[C@H](OC[C@@H]2O[Si](C)(C)C(C)(C)C)[C@@H]1O[Si](C)(C)C(C)(C)C. The molecule has 2 bridgehead atoms. The van der Waals surface area contributed by atoms with Crippen LogP contribution in [0.1, 0.15) is 62.3 Å². The minimum atomic E-state index is -2.06. The van der Waals surface area contributed by atoms with Crippen molar-refractivity contribution in [3.8, 4) is 0 Å². The van der Waals surface area contributed by atoms with Gasteiger partial charge in [-0.05, 0) is 54.4 Å². The van der Waals surface area contributed by atoms with Crippen molar-refractivity contribution in [3.63, 3.8) is 0 Å². The molecule has 2 aliphatic heterocycles. The zero-order chi connectivity index (χ0) is 25.1. The average molecular weight is 505 g/mol. The third kappa shape index (κ3) is 5.81. The number of hydrogen-bond acceptors (Lipinski definition) is 5. The minimum absolute atomic E-state index is 0.0991. The van der Waals surface area contributed by atoms with Crippen molar-refractivity contribution in [3.05, 3.63) is 0 Å². The van der Waals surface area contributed by atoms with Crippen molar-refractivity contribution in [2.75, 3.05) is 6.61 Å². The van der Waals surface area contributed by atoms with E-state index in [0.717, 1.165) is 0 Å². The van der Waals surface area contributed by atoms with Crippen molar-refractivity contribution in [1.82, 2.24) is 0 Å². The van der Waals surface area contributed by atoms with Gasteiger partial charge in [0.25, 0.3) is 0 Å². The molecule has 0 aromatic heterocycles. The van der Waals surface area contributed by atoms with Gasteiger partial charge in [-0.2, -0.15) is 0 Å². The fourth-order valence-electron chi connectivity index (χ4n) is 3.32. The molecule has 8 heteroatoms. The van der Waals surface area contributed by atoms with E-state index in [4.69, 9.17) is 22.8 Å². The Morgan fingerprint density at radius 1 is 0.594 bits per heavy atom. The largest absolute Gasteiger partial charge is 0.409 e. The van der Waals surface area contributed by atoms with Crippen LogP contribution >= 0.6 is 0 Å². The first-order chi connectivity index (χ1) is 14.0. The smallest absolute Gasteiger partial charge is 0.192 e. The van der Waals surface area contributed by atoms with Crippen molar-refractivity contribution in [1.29, 1.82) is 0 Å². The van der Waals surface area contributed by atoms with Crippen LogP contribution in [0.25, 0.3) is 0 Å². The van der Waals surface area contributed by atoms with Gasteiger partial charge in [-0.25, -0.2) is 0 Å². The van der Waals surface area contributed by atoms with Crippen LogP contribution in [-0.2, 0) is 22.8 Å². The van der Waals surface area contributed by atoms with E-state index in [1.807, 2.05) is 0 Å². The van der Waals surface area contributed by atoms with Crippen LogP contribution in [-0.4, -0.2) is 62.3 Å². The van der Waals surface area contributed by atoms with Gasteiger partial charge in [-0.15, -0.1) is 0 Å². The topological polar surface area (TPSA) is 46.2 Å². The number of hydrogen-bond donors (Lipinski definition) is 0. The van der Waals surface area contributed by atoms with E-state index in [-0.39, 0.29) is 45.8 Å². The Bertz CT molecular complexity index is 658. The lowest BCUT2D eigenvalue weighted by Crippen LogP contribution is -2.56. The van der Waals surface area contributed by atoms with Crippen molar-refractivity contribution in [2.45, 2.75) is 147 Å². The lowest BCUT2D eigenvalue weighted by molar-refractivity contribution is -0.229. The molecule has 190 valence electrons. The zero-order valence-corrected chi connectivity index (χ0v) is 26.6. The maximum Gasteiger partial charge on any atom is 0.192 e. The van der Waals surface area contributed by atoms with Gasteiger partial charge in [0.2, 0.25) is 0 Å². The zero-order valence-electron chi connectivity index (χ0n) is 23.6. The second-order valence-corrected chi connectivity index (χ2v) is 28.7. The Labute approximate surface area is 201 Å². The predicted molar refractivity (Wildman–Crippen MR) is 141 cm³/mol. The lowest BCUT2D eigenvalue weighted by Gasteiger charge is -2.44. The molecule has 0 saturated carbocycles. The van der Waals surface area contributed by atoms with E-state index in [0.29, 0.717) is 6.61 Å². The van der Waals surface area contributed by atoms with Gasteiger partial charge in [0.15, 0.2) is 31.2 Å². The lowest BCUT2D eigenvalue weighted by atomic mass is 10.1. The molecule has 0 aromatic carbocycles. The van der Waals surface area contributed by atoms with Crippen molar-refractivity contribution < 1.29 is 22.8 Å². The molecule has 0 radical (unpaired) electrons. The summed E-state index contributed by atoms with van der Waals surface area (Å²) >= 11 is 0. The first kappa shape index (κ1) is 28.7. The van der Waals surface area contributed by atoms with Gasteiger partial charge in [0.1, 0.15) is 18.3 Å². The van der Waals surface area contributed by atoms with Gasteiger partial charge >= 0.3 is 0 Å². The van der Waals surface area contributed by atoms with Crippen molar-refractivity contribution in [2.24, 2.45) is 0 Å². The molecule has 2 fully saturated rings. The highest BCUT2D eigenvalue weighted by molar-refractivity contribution is 6.75. The Balaban J connectivity index is 2.40. The summed E-state index contributed by atoms with van der Waals surface area (Å²) in [6.07, 6.45) is -1.07. The van der Waals surface area contributed by atoms with Crippen LogP contribution in [0.3, 0.4) is 0 Å². The normalized spacial score (nSPS) is 30.7. The maximum atomic E-state index is 7.05. The van der Waals surface area contributed by atoms with Gasteiger partial charge in [0.05, 0.1) is 12.7 Å². The average Bonchev–Trinajstić information content (AvgIpc) is 2.79. The van der Waals surface area contributed by atoms with Crippen LogP contribution in [0.4, 0.5) is 0 Å². The Kier molecular flexibility index (Phi) is 7.92. The summed E-state index contributed by atoms with van der Waals surface area (Å²) in [5.41, 5.74) is 0. The molecule has 5 nitrogen and oxygen atoms in total. The molecule has 2 aliphatic rings. The van der Waals surface area contributed by atoms with E-state index in [1.165, 1.54) is 0 Å². The van der Waals surface area contributed by atoms with E-state index in [9.17, 15) is 0 Å². The summed E-state index contributed by atoms with van der Waals surface area (Å²) in [7, 11) is -6.10. The first-order valence-corrected chi connectivity index (χ1v) is 21.0. The van der Waals surface area contributed by atoms with Gasteiger partial charge in [0, 0.05) is 0 Å². The molecule has 2 rings (SSSR count). The molecule has 0 aromatic rings. The molecule has 5 atom stereocenters. The number of ether oxygens (including phenoxy) is 2. The second-order valence-electron chi connectivity index (χ2n) is 14.4. The molecule has 0 amide bonds. The molecular formula is C24H52O5Si3. The highest BCUT2D eigenvalue weighted by Crippen LogP contribution is 2.47. The molecule has 0 aliphatic carbocycles. The second kappa shape index (κ2) is 8.84. The third-order valence-corrected chi connectivity index (χ3v) is 22.2. The molecular weight excluding hydrogens is 453 g/mol. The minimum Gasteiger partial charge on any atom is -0.409 e. The highest BCUT2D eigenvalue weighted by atomic mass is 28.4. The van der Waals surface area contributed by atoms with E-state index < -0.39 is 25.0 Å². The molecule has 0 unspecified atom stereocenters. The van der Waals surface area contributed by atoms with Crippen LogP contribution < -0.4 is 0 Å². The molecule has 0 N–H and O–H groups in total. The molecule has 2 heterocycles. The van der Waals surface area contributed by atoms with Crippen LogP contribution in [0.15, 0.2) is 0 Å². The van der Waals surface area contributed by atoms with Crippen molar-refractivity contribution >= 4 is 25.0 Å². The standard InChI is InChI=1S/C24H52O5Si3/c1-22(2,3)30(10,11)27-17-16-25-21-20(29-32(14,15)24(7,8)9)19(18(17)26-21)28-31(12,13)23(4,5)6/h17-21H,16H2,1-15H3/t17-,18-,19-,20+,21-/m0/s1. The highest BCUT2D eigenvalue weighted by Gasteiger charge is 2.59. The van der Waals surface area contributed by atoms with E-state index >= 15 is 0 Å². The Hall–Kier alpha value is 0.451. The first-order valence-electron chi connectivity index (χ1n) is 12.3. The van der Waals surface area contributed by atoms with E-state index in [1.54, 1.807) is 0 Å². The van der Waals surface area contributed by atoms with Crippen LogP contribution in [0, 0.1) is 0 Å². The molecule has 2 saturated heterocycles. The fraction of sp³-hybridized carbons (Fsp3) is 1.00. The predicted octanol–water partition coefficient (Wildman–Crippen LogP) is 6.91. The van der Waals surface area contributed by atoms with Gasteiger partial charge < -0.3 is 22.8 Å². The van der Waals surface area contributed by atoms with Gasteiger partial charge in [-0.1, -0.05) is 62.3 Å². The number of fused-ring (bicyclic) bond motifs is 2. The quantitative estimate of drug-likeness (QED) is 0.368. The third-order valence-electron chi connectivity index (χ3n) is 8.72. The molecule has 0 spiro atoms. The maximum absolute atomic E-state index is 7.05. The molecule has 32 heavy (non-hydrogen) atoms. The van der Waals surface area contributed by atoms with Crippen LogP contribution in [0.5, 0.6) is 0 Å². The summed E-state index contributed by atoms with van der Waals surface area (Å²) < 4.78 is 33.5. The summed E-state index contributed by atoms with van der Waals surface area (Å²) in [5.74, 6) is 0. The monoisotopic (exact) mass is 504 g/mol. The van der Waals surface area contributed by atoms with E-state index in [2.05, 4.69) is 102 Å². The van der Waals surface area contributed by atoms with Gasteiger partial charge in [-0.3, -0.25) is 0 Å². The number of rotatable bonds is 6. The summed E-state index contributed by atoms with van der Waals surface area (Å²) in [4.78, 5) is 0.